The summed E-state index contributed by atoms with van der Waals surface area (Å²) < 4.78 is 8.75. The zero-order valence-electron chi connectivity index (χ0n) is 20.1. The highest BCUT2D eigenvalue weighted by atomic mass is 16.5. The van der Waals surface area contributed by atoms with Gasteiger partial charge in [0.05, 0.1) is 29.5 Å². The molecule has 0 aliphatic heterocycles. The minimum absolute atomic E-state index is 0.0410. The highest BCUT2D eigenvalue weighted by Gasteiger charge is 2.45. The van der Waals surface area contributed by atoms with Gasteiger partial charge in [-0.1, -0.05) is 0 Å². The maximum absolute atomic E-state index is 13.0. The number of ether oxygens (including phenoxy) is 1. The van der Waals surface area contributed by atoms with Crippen molar-refractivity contribution in [2.45, 2.75) is 69.9 Å². The molecule has 2 heterocycles. The molecule has 0 saturated heterocycles. The summed E-state index contributed by atoms with van der Waals surface area (Å²) in [5.41, 5.74) is 1.36. The Labute approximate surface area is 204 Å². The topological polar surface area (TPSA) is 103 Å². The third kappa shape index (κ3) is 4.47. The molecule has 3 aliphatic carbocycles. The number of hydrogen-bond donors (Lipinski definition) is 2. The average Bonchev–Trinajstić information content (AvgIpc) is 3.77. The van der Waals surface area contributed by atoms with Crippen LogP contribution >= 0.6 is 0 Å². The van der Waals surface area contributed by atoms with Gasteiger partial charge in [-0.3, -0.25) is 9.48 Å². The van der Waals surface area contributed by atoms with Crippen molar-refractivity contribution in [3.8, 4) is 5.75 Å². The van der Waals surface area contributed by atoms with E-state index in [0.29, 0.717) is 40.3 Å². The number of rotatable bonds is 7. The van der Waals surface area contributed by atoms with Gasteiger partial charge in [-0.15, -0.1) is 0 Å². The Balaban J connectivity index is 1.27. The van der Waals surface area contributed by atoms with E-state index in [2.05, 4.69) is 5.32 Å². The Morgan fingerprint density at radius 3 is 2.71 bits per heavy atom. The zero-order valence-corrected chi connectivity index (χ0v) is 20.1. The SMILES string of the molecule is Cc1cccc(C(=O)Nc2cc3cn(C4CCC(O)(C5CC5)CC4)nc3cc2OCC2CC2)[n+]1[O-]. The third-order valence-electron chi connectivity index (χ3n) is 7.94. The van der Waals surface area contributed by atoms with E-state index in [1.165, 1.54) is 6.07 Å². The number of fused-ring (bicyclic) bond motifs is 1. The van der Waals surface area contributed by atoms with E-state index < -0.39 is 11.5 Å². The predicted molar refractivity (Wildman–Crippen MR) is 131 cm³/mol. The van der Waals surface area contributed by atoms with Crippen LogP contribution in [-0.2, 0) is 0 Å². The van der Waals surface area contributed by atoms with Crippen LogP contribution in [0.4, 0.5) is 5.69 Å². The molecule has 184 valence electrons. The number of hydrogen-bond acceptors (Lipinski definition) is 5. The van der Waals surface area contributed by atoms with Gasteiger partial charge in [0.15, 0.2) is 5.69 Å². The second-order valence-electron chi connectivity index (χ2n) is 10.7. The number of benzene rings is 1. The summed E-state index contributed by atoms with van der Waals surface area (Å²) in [4.78, 5) is 13.0. The molecule has 2 aromatic heterocycles. The molecule has 1 amide bonds. The molecule has 0 radical (unpaired) electrons. The van der Waals surface area contributed by atoms with Crippen LogP contribution in [0.15, 0.2) is 36.5 Å². The van der Waals surface area contributed by atoms with Crippen molar-refractivity contribution in [1.82, 2.24) is 9.78 Å². The lowest BCUT2D eigenvalue weighted by Gasteiger charge is -2.36. The van der Waals surface area contributed by atoms with E-state index in [-0.39, 0.29) is 11.7 Å². The summed E-state index contributed by atoms with van der Waals surface area (Å²) in [5.74, 6) is 1.14. The number of carbonyl (C=O) groups excluding carboxylic acids is 1. The van der Waals surface area contributed by atoms with Gasteiger partial charge in [0.1, 0.15) is 5.75 Å². The van der Waals surface area contributed by atoms with Crippen molar-refractivity contribution >= 4 is 22.5 Å². The second-order valence-corrected chi connectivity index (χ2v) is 10.7. The van der Waals surface area contributed by atoms with Crippen LogP contribution in [-0.4, -0.2) is 33.0 Å². The molecule has 3 aliphatic rings. The number of aromatic nitrogens is 3. The van der Waals surface area contributed by atoms with Crippen molar-refractivity contribution in [1.29, 1.82) is 0 Å². The lowest BCUT2D eigenvalue weighted by molar-refractivity contribution is -0.614. The van der Waals surface area contributed by atoms with Crippen LogP contribution < -0.4 is 14.8 Å². The van der Waals surface area contributed by atoms with Crippen molar-refractivity contribution in [2.75, 3.05) is 11.9 Å². The molecule has 0 spiro atoms. The highest BCUT2D eigenvalue weighted by Crippen LogP contribution is 2.49. The molecular weight excluding hydrogens is 444 g/mol. The summed E-state index contributed by atoms with van der Waals surface area (Å²) >= 11 is 0. The van der Waals surface area contributed by atoms with E-state index in [1.807, 2.05) is 23.0 Å². The molecule has 0 bridgehead atoms. The lowest BCUT2D eigenvalue weighted by atomic mass is 9.79. The Hall–Kier alpha value is -3.13. The van der Waals surface area contributed by atoms with Gasteiger partial charge in [0.2, 0.25) is 0 Å². The first-order chi connectivity index (χ1) is 16.9. The molecule has 8 heteroatoms. The fourth-order valence-electron chi connectivity index (χ4n) is 5.32. The minimum atomic E-state index is -0.488. The van der Waals surface area contributed by atoms with Crippen LogP contribution in [0.3, 0.4) is 0 Å². The van der Waals surface area contributed by atoms with Crippen molar-refractivity contribution < 1.29 is 19.4 Å². The number of nitrogens with one attached hydrogen (secondary N) is 1. The largest absolute Gasteiger partial charge is 0.618 e. The predicted octanol–water partition coefficient (Wildman–Crippen LogP) is 4.28. The van der Waals surface area contributed by atoms with Gasteiger partial charge in [-0.2, -0.15) is 9.83 Å². The number of amides is 1. The normalized spacial score (nSPS) is 24.5. The fraction of sp³-hybridized carbons (Fsp3) is 0.519. The van der Waals surface area contributed by atoms with Crippen LogP contribution in [0.5, 0.6) is 5.75 Å². The molecule has 3 aromatic rings. The quantitative estimate of drug-likeness (QED) is 0.391. The Morgan fingerprint density at radius 2 is 2.00 bits per heavy atom. The zero-order chi connectivity index (χ0) is 24.2. The van der Waals surface area contributed by atoms with Crippen LogP contribution in [0.25, 0.3) is 10.9 Å². The highest BCUT2D eigenvalue weighted by molar-refractivity contribution is 6.04. The van der Waals surface area contributed by atoms with Gasteiger partial charge in [-0.25, -0.2) is 0 Å². The summed E-state index contributed by atoms with van der Waals surface area (Å²) in [7, 11) is 0. The fourth-order valence-corrected chi connectivity index (χ4v) is 5.32. The number of carbonyl (C=O) groups is 1. The van der Waals surface area contributed by atoms with Crippen LogP contribution in [0.1, 0.15) is 73.6 Å². The van der Waals surface area contributed by atoms with Gasteiger partial charge < -0.3 is 20.4 Å². The first-order valence-electron chi connectivity index (χ1n) is 12.8. The molecule has 8 nitrogen and oxygen atoms in total. The number of anilines is 1. The van der Waals surface area contributed by atoms with Gasteiger partial charge in [-0.05, 0) is 75.3 Å². The first kappa shape index (κ1) is 22.3. The Bertz CT molecular complexity index is 1270. The summed E-state index contributed by atoms with van der Waals surface area (Å²) in [6.07, 6.45) is 10.1. The number of aliphatic hydroxyl groups is 1. The molecular formula is C27H32N4O4. The standard InChI is InChI=1S/C27H32N4O4/c1-17-3-2-4-24(31(17)34)26(32)28-23-13-19-15-30(21-9-11-27(33,12-10-21)20-7-8-20)29-22(19)14-25(23)35-16-18-5-6-18/h2-4,13-15,18,20-21,33H,5-12,16H2,1H3,(H,28,32). The third-order valence-corrected chi connectivity index (χ3v) is 7.94. The summed E-state index contributed by atoms with van der Waals surface area (Å²) in [6.45, 7) is 2.27. The van der Waals surface area contributed by atoms with E-state index in [0.717, 1.165) is 62.3 Å². The Kier molecular flexibility index (Phi) is 5.44. The average molecular weight is 477 g/mol. The minimum Gasteiger partial charge on any atom is -0.618 e. The summed E-state index contributed by atoms with van der Waals surface area (Å²) in [6, 6.07) is 8.91. The van der Waals surface area contributed by atoms with E-state index in [9.17, 15) is 15.1 Å². The van der Waals surface area contributed by atoms with Crippen molar-refractivity contribution in [2.24, 2.45) is 11.8 Å². The molecule has 3 saturated carbocycles. The van der Waals surface area contributed by atoms with E-state index >= 15 is 0 Å². The molecule has 0 unspecified atom stereocenters. The number of nitrogens with zero attached hydrogens (tertiary/aromatic N) is 3. The van der Waals surface area contributed by atoms with Gasteiger partial charge in [0.25, 0.3) is 5.69 Å². The maximum atomic E-state index is 13.0. The second kappa shape index (κ2) is 8.52. The number of aryl methyl sites for hydroxylation is 1. The summed E-state index contributed by atoms with van der Waals surface area (Å²) in [5, 5.41) is 31.9. The van der Waals surface area contributed by atoms with Gasteiger partial charge >= 0.3 is 5.91 Å². The molecule has 3 fully saturated rings. The Morgan fingerprint density at radius 1 is 1.23 bits per heavy atom. The van der Waals surface area contributed by atoms with Crippen LogP contribution in [0, 0.1) is 24.0 Å². The number of pyridine rings is 1. The molecule has 6 rings (SSSR count). The van der Waals surface area contributed by atoms with Crippen LogP contribution in [0.2, 0.25) is 0 Å². The monoisotopic (exact) mass is 476 g/mol. The van der Waals surface area contributed by atoms with Crippen molar-refractivity contribution in [3.05, 3.63) is 53.1 Å². The van der Waals surface area contributed by atoms with E-state index in [4.69, 9.17) is 9.84 Å². The molecule has 0 atom stereocenters. The first-order valence-corrected chi connectivity index (χ1v) is 12.8. The van der Waals surface area contributed by atoms with E-state index in [1.54, 1.807) is 19.1 Å². The molecule has 1 aromatic carbocycles. The smallest absolute Gasteiger partial charge is 0.321 e. The molecule has 35 heavy (non-hydrogen) atoms. The lowest BCUT2D eigenvalue weighted by Crippen LogP contribution is -2.39. The maximum Gasteiger partial charge on any atom is 0.321 e. The van der Waals surface area contributed by atoms with Crippen molar-refractivity contribution in [3.63, 3.8) is 0 Å². The molecule has 2 N–H and O–H groups in total. The van der Waals surface area contributed by atoms with Gasteiger partial charge in [0, 0.05) is 36.7 Å².